The molecule has 0 bridgehead atoms. The van der Waals surface area contributed by atoms with Crippen LogP contribution in [-0.2, 0) is 24.6 Å². The number of H-pyrrole nitrogens is 1. The van der Waals surface area contributed by atoms with Crippen LogP contribution in [0.4, 0.5) is 0 Å². The second-order valence-corrected chi connectivity index (χ2v) is 16.9. The average molecular weight is 573 g/mol. The number of aliphatic hydroxyl groups excluding tert-OH is 1. The standard InChI is InChI=1S/C24H41N4O8PSi/c1-9-32-37(35-17(3)12-20-25-10-11-26-20)36-28-22(30)16(2)14-27(23(28)31)21-13-18(29)19(34-21)15-33-38(7,8)24(4,5)6/h10-11,14,17-19,21,29H,9,12-13,15H2,1-8H3,(H,25,26)/t17-,18-,19+,21+,37?/m0/s1. The molecule has 3 rings (SSSR count). The zero-order chi connectivity index (χ0) is 28.3. The molecule has 0 radical (unpaired) electrons. The van der Waals surface area contributed by atoms with E-state index in [0.29, 0.717) is 11.2 Å². The highest BCUT2D eigenvalue weighted by Gasteiger charge is 2.41. The molecule has 12 nitrogen and oxygen atoms in total. The summed E-state index contributed by atoms with van der Waals surface area (Å²) in [5, 5.41) is 10.7. The molecule has 0 spiro atoms. The third-order valence-corrected chi connectivity index (χ3v) is 12.7. The second-order valence-electron chi connectivity index (χ2n) is 11.0. The minimum absolute atomic E-state index is 0.00723. The maximum Gasteiger partial charge on any atom is 0.418 e. The summed E-state index contributed by atoms with van der Waals surface area (Å²) >= 11 is 0. The lowest BCUT2D eigenvalue weighted by molar-refractivity contribution is -0.0449. The number of nitrogens with zero attached hydrogens (tertiary/aromatic N) is 3. The van der Waals surface area contributed by atoms with E-state index in [1.165, 1.54) is 10.8 Å². The summed E-state index contributed by atoms with van der Waals surface area (Å²) in [5.74, 6) is 0.725. The topological polar surface area (TPSA) is 139 Å². The number of nitrogens with one attached hydrogen (secondary N) is 1. The summed E-state index contributed by atoms with van der Waals surface area (Å²) in [6.45, 7) is 16.3. The van der Waals surface area contributed by atoms with Crippen molar-refractivity contribution in [2.24, 2.45) is 0 Å². The Hall–Kier alpha value is -1.86. The lowest BCUT2D eigenvalue weighted by atomic mass is 10.2. The van der Waals surface area contributed by atoms with Crippen molar-refractivity contribution in [2.45, 2.75) is 97.1 Å². The molecule has 1 aliphatic rings. The highest BCUT2D eigenvalue weighted by atomic mass is 31.2. The van der Waals surface area contributed by atoms with Gasteiger partial charge in [-0.2, -0.15) is 0 Å². The van der Waals surface area contributed by atoms with Gasteiger partial charge in [-0.3, -0.25) is 13.9 Å². The predicted molar refractivity (Wildman–Crippen MR) is 145 cm³/mol. The zero-order valence-electron chi connectivity index (χ0n) is 23.5. The fraction of sp³-hybridized carbons (Fsp3) is 0.708. The number of hydrogen-bond acceptors (Lipinski definition) is 9. The molecule has 1 saturated heterocycles. The molecule has 1 aliphatic heterocycles. The van der Waals surface area contributed by atoms with Gasteiger partial charge in [-0.25, -0.2) is 9.78 Å². The summed E-state index contributed by atoms with van der Waals surface area (Å²) in [6.07, 6.45) is 2.81. The van der Waals surface area contributed by atoms with Crippen LogP contribution in [0.1, 0.15) is 58.7 Å². The molecule has 38 heavy (non-hydrogen) atoms. The van der Waals surface area contributed by atoms with Crippen molar-refractivity contribution in [1.82, 2.24) is 19.3 Å². The van der Waals surface area contributed by atoms with Crippen LogP contribution in [0.25, 0.3) is 0 Å². The SMILES string of the molecule is CCOP(O[C@@H](C)Cc1ncc[nH]1)On1c(=O)c(C)cn([C@H]2C[C@H](O)[C@@H](CO[Si](C)(C)C(C)(C)C)O2)c1=O. The van der Waals surface area contributed by atoms with Crippen molar-refractivity contribution < 1.29 is 27.9 Å². The Kier molecular flexibility index (Phi) is 10.1. The summed E-state index contributed by atoms with van der Waals surface area (Å²) in [5.41, 5.74) is -1.12. The fourth-order valence-corrected chi connectivity index (χ4v) is 5.62. The van der Waals surface area contributed by atoms with Gasteiger partial charge in [-0.1, -0.05) is 25.5 Å². The van der Waals surface area contributed by atoms with Crippen molar-refractivity contribution in [3.8, 4) is 0 Å². The van der Waals surface area contributed by atoms with Gasteiger partial charge in [-0.15, -0.1) is 0 Å². The van der Waals surface area contributed by atoms with Gasteiger partial charge in [0.05, 0.1) is 25.4 Å². The van der Waals surface area contributed by atoms with Crippen LogP contribution in [0.5, 0.6) is 0 Å². The first kappa shape index (κ1) is 30.7. The van der Waals surface area contributed by atoms with Crippen molar-refractivity contribution >= 4 is 16.9 Å². The van der Waals surface area contributed by atoms with Crippen LogP contribution in [-0.4, -0.2) is 64.2 Å². The van der Waals surface area contributed by atoms with E-state index < -0.39 is 46.6 Å². The smallest absolute Gasteiger partial charge is 0.414 e. The number of ether oxygens (including phenoxy) is 1. The Morgan fingerprint density at radius 3 is 2.66 bits per heavy atom. The third-order valence-electron chi connectivity index (χ3n) is 6.86. The van der Waals surface area contributed by atoms with E-state index in [4.69, 9.17) is 22.8 Å². The van der Waals surface area contributed by atoms with E-state index in [1.807, 2.05) is 6.92 Å². The summed E-state index contributed by atoms with van der Waals surface area (Å²) in [4.78, 5) is 33.4. The van der Waals surface area contributed by atoms with Crippen molar-refractivity contribution in [3.05, 3.63) is 50.8 Å². The zero-order valence-corrected chi connectivity index (χ0v) is 25.4. The van der Waals surface area contributed by atoms with Crippen molar-refractivity contribution in [1.29, 1.82) is 0 Å². The number of aromatic amines is 1. The fourth-order valence-electron chi connectivity index (χ4n) is 3.60. The van der Waals surface area contributed by atoms with E-state index >= 15 is 0 Å². The second kappa shape index (κ2) is 12.5. The highest BCUT2D eigenvalue weighted by Crippen LogP contribution is 2.39. The van der Waals surface area contributed by atoms with Gasteiger partial charge in [0.2, 0.25) is 0 Å². The molecule has 214 valence electrons. The summed E-state index contributed by atoms with van der Waals surface area (Å²) in [6, 6.07) is 0. The minimum atomic E-state index is -2.07. The average Bonchev–Trinajstić information content (AvgIpc) is 3.46. The molecule has 2 aromatic heterocycles. The lowest BCUT2D eigenvalue weighted by Crippen LogP contribution is -2.45. The van der Waals surface area contributed by atoms with Gasteiger partial charge in [0, 0.05) is 37.0 Å². The number of rotatable bonds is 12. The molecule has 0 aliphatic carbocycles. The Balaban J connectivity index is 1.77. The Bertz CT molecular complexity index is 1160. The Labute approximate surface area is 225 Å². The van der Waals surface area contributed by atoms with Gasteiger partial charge < -0.3 is 28.4 Å². The number of aryl methyl sites for hydroxylation is 1. The van der Waals surface area contributed by atoms with Crippen LogP contribution in [0.15, 0.2) is 28.2 Å². The number of aromatic nitrogens is 4. The van der Waals surface area contributed by atoms with Crippen LogP contribution in [0.2, 0.25) is 18.1 Å². The van der Waals surface area contributed by atoms with E-state index in [-0.39, 0.29) is 36.3 Å². The van der Waals surface area contributed by atoms with Gasteiger partial charge in [0.1, 0.15) is 18.2 Å². The van der Waals surface area contributed by atoms with Gasteiger partial charge >= 0.3 is 14.3 Å². The largest absolute Gasteiger partial charge is 0.418 e. The summed E-state index contributed by atoms with van der Waals surface area (Å²) < 4.78 is 31.3. The number of hydrogen-bond donors (Lipinski definition) is 2. The Morgan fingerprint density at radius 2 is 2.05 bits per heavy atom. The quantitative estimate of drug-likeness (QED) is 0.290. The lowest BCUT2D eigenvalue weighted by Gasteiger charge is -2.37. The molecule has 2 N–H and O–H groups in total. The van der Waals surface area contributed by atoms with Crippen LogP contribution in [0, 0.1) is 6.92 Å². The predicted octanol–water partition coefficient (Wildman–Crippen LogP) is 3.05. The third kappa shape index (κ3) is 7.41. The molecule has 3 heterocycles. The minimum Gasteiger partial charge on any atom is -0.414 e. The molecule has 5 atom stereocenters. The molecular formula is C24H41N4O8PSi. The molecule has 2 aromatic rings. The Morgan fingerprint density at radius 1 is 1.34 bits per heavy atom. The molecular weight excluding hydrogens is 531 g/mol. The first-order valence-corrected chi connectivity index (χ1v) is 16.8. The molecule has 0 aromatic carbocycles. The van der Waals surface area contributed by atoms with Crippen LogP contribution in [0.3, 0.4) is 0 Å². The molecule has 1 unspecified atom stereocenters. The summed E-state index contributed by atoms with van der Waals surface area (Å²) in [7, 11) is -4.13. The van der Waals surface area contributed by atoms with Crippen molar-refractivity contribution in [2.75, 3.05) is 13.2 Å². The van der Waals surface area contributed by atoms with Gasteiger partial charge in [-0.05, 0) is 38.9 Å². The van der Waals surface area contributed by atoms with Crippen LogP contribution >= 0.6 is 8.60 Å². The van der Waals surface area contributed by atoms with Crippen LogP contribution < -0.4 is 15.9 Å². The maximum atomic E-state index is 13.4. The molecule has 14 heteroatoms. The first-order valence-electron chi connectivity index (χ1n) is 12.8. The molecule has 0 saturated carbocycles. The molecule has 0 amide bonds. The van der Waals surface area contributed by atoms with E-state index in [2.05, 4.69) is 43.8 Å². The first-order chi connectivity index (χ1) is 17.7. The highest BCUT2D eigenvalue weighted by molar-refractivity contribution is 7.41. The number of aliphatic hydroxyl groups is 1. The van der Waals surface area contributed by atoms with E-state index in [9.17, 15) is 14.7 Å². The van der Waals surface area contributed by atoms with Gasteiger partial charge in [0.15, 0.2) is 8.32 Å². The normalized spacial score (nSPS) is 22.0. The van der Waals surface area contributed by atoms with Gasteiger partial charge in [0.25, 0.3) is 5.56 Å². The van der Waals surface area contributed by atoms with E-state index in [1.54, 1.807) is 26.2 Å². The van der Waals surface area contributed by atoms with Crippen molar-refractivity contribution in [3.63, 3.8) is 0 Å². The molecule has 1 fully saturated rings. The number of imidazole rings is 1. The monoisotopic (exact) mass is 572 g/mol. The van der Waals surface area contributed by atoms with E-state index in [0.717, 1.165) is 5.82 Å². The maximum absolute atomic E-state index is 13.4.